The van der Waals surface area contributed by atoms with E-state index in [0.29, 0.717) is 25.1 Å². The number of rotatable bonds is 7. The first kappa shape index (κ1) is 16.6. The molecule has 1 amide bonds. The maximum absolute atomic E-state index is 11.7. The van der Waals surface area contributed by atoms with Crippen LogP contribution in [0.4, 0.5) is 0 Å². The van der Waals surface area contributed by atoms with Crippen molar-refractivity contribution < 1.29 is 14.3 Å². The summed E-state index contributed by atoms with van der Waals surface area (Å²) in [5.74, 6) is 0.132. The highest BCUT2D eigenvalue weighted by Gasteiger charge is 2.06. The maximum Gasteiger partial charge on any atom is 0.305 e. The van der Waals surface area contributed by atoms with Crippen LogP contribution in [0.25, 0.3) is 0 Å². The van der Waals surface area contributed by atoms with Crippen molar-refractivity contribution in [3.63, 3.8) is 0 Å². The molecule has 1 N–H and O–H groups in total. The summed E-state index contributed by atoms with van der Waals surface area (Å²) in [5, 5.41) is 2.80. The third-order valence-electron chi connectivity index (χ3n) is 2.81. The van der Waals surface area contributed by atoms with E-state index in [1.165, 1.54) is 30.0 Å². The number of carbonyl (C=O) groups excluding carboxylic acids is 2. The molecule has 0 spiro atoms. The normalized spacial score (nSPS) is 10.2. The lowest BCUT2D eigenvalue weighted by molar-refractivity contribution is -0.140. The van der Waals surface area contributed by atoms with Crippen molar-refractivity contribution in [2.75, 3.05) is 19.4 Å². The van der Waals surface area contributed by atoms with E-state index in [9.17, 15) is 9.59 Å². The Kier molecular flexibility index (Phi) is 7.15. The molecule has 1 rings (SSSR count). The molecule has 0 aromatic heterocycles. The van der Waals surface area contributed by atoms with Crippen LogP contribution in [0.15, 0.2) is 23.1 Å². The zero-order valence-electron chi connectivity index (χ0n) is 12.2. The number of benzene rings is 1. The molecule has 20 heavy (non-hydrogen) atoms. The van der Waals surface area contributed by atoms with Gasteiger partial charge in [-0.15, -0.1) is 11.8 Å². The Morgan fingerprint density at radius 1 is 1.30 bits per heavy atom. The molecule has 0 aliphatic rings. The Hall–Kier alpha value is -1.49. The highest BCUT2D eigenvalue weighted by atomic mass is 32.2. The van der Waals surface area contributed by atoms with Crippen LogP contribution in [-0.2, 0) is 14.3 Å². The van der Waals surface area contributed by atoms with Crippen LogP contribution in [0, 0.1) is 13.8 Å². The zero-order valence-corrected chi connectivity index (χ0v) is 13.0. The van der Waals surface area contributed by atoms with Crippen molar-refractivity contribution in [3.05, 3.63) is 29.3 Å². The standard InChI is InChI=1S/C15H21NO3S/c1-11-6-7-12(2)13(9-11)20-10-14(17)16-8-4-5-15(18)19-3/h6-7,9H,4-5,8,10H2,1-3H3,(H,16,17). The molecule has 110 valence electrons. The molecule has 0 radical (unpaired) electrons. The van der Waals surface area contributed by atoms with Gasteiger partial charge in [-0.1, -0.05) is 17.7 Å². The van der Waals surface area contributed by atoms with Gasteiger partial charge in [0.2, 0.25) is 5.91 Å². The largest absolute Gasteiger partial charge is 0.469 e. The molecular weight excluding hydrogens is 274 g/mol. The van der Waals surface area contributed by atoms with Gasteiger partial charge in [-0.3, -0.25) is 9.59 Å². The third-order valence-corrected chi connectivity index (χ3v) is 3.97. The van der Waals surface area contributed by atoms with Gasteiger partial charge in [-0.25, -0.2) is 0 Å². The molecule has 0 atom stereocenters. The van der Waals surface area contributed by atoms with Crippen molar-refractivity contribution >= 4 is 23.6 Å². The van der Waals surface area contributed by atoms with Crippen molar-refractivity contribution in [2.45, 2.75) is 31.6 Å². The van der Waals surface area contributed by atoms with Gasteiger partial charge < -0.3 is 10.1 Å². The number of esters is 1. The summed E-state index contributed by atoms with van der Waals surface area (Å²) in [4.78, 5) is 23.7. The quantitative estimate of drug-likeness (QED) is 0.477. The lowest BCUT2D eigenvalue weighted by Crippen LogP contribution is -2.26. The van der Waals surface area contributed by atoms with E-state index in [1.54, 1.807) is 0 Å². The van der Waals surface area contributed by atoms with E-state index >= 15 is 0 Å². The number of ether oxygens (including phenoxy) is 1. The van der Waals surface area contributed by atoms with Crippen LogP contribution >= 0.6 is 11.8 Å². The van der Waals surface area contributed by atoms with Gasteiger partial charge in [0.25, 0.3) is 0 Å². The van der Waals surface area contributed by atoms with Crippen LogP contribution in [-0.4, -0.2) is 31.3 Å². The van der Waals surface area contributed by atoms with Gasteiger partial charge in [0.1, 0.15) is 0 Å². The van der Waals surface area contributed by atoms with E-state index in [-0.39, 0.29) is 11.9 Å². The number of nitrogens with one attached hydrogen (secondary N) is 1. The van der Waals surface area contributed by atoms with Gasteiger partial charge in [0, 0.05) is 17.9 Å². The second kappa shape index (κ2) is 8.64. The smallest absolute Gasteiger partial charge is 0.305 e. The number of methoxy groups -OCH3 is 1. The molecule has 0 heterocycles. The summed E-state index contributed by atoms with van der Waals surface area (Å²) in [5.41, 5.74) is 2.37. The van der Waals surface area contributed by atoms with Crippen LogP contribution in [0.5, 0.6) is 0 Å². The number of thioether (sulfide) groups is 1. The first-order valence-electron chi connectivity index (χ1n) is 6.56. The average molecular weight is 295 g/mol. The molecular formula is C15H21NO3S. The minimum absolute atomic E-state index is 0.0132. The fourth-order valence-corrected chi connectivity index (χ4v) is 2.57. The van der Waals surface area contributed by atoms with E-state index in [2.05, 4.69) is 28.3 Å². The van der Waals surface area contributed by atoms with E-state index < -0.39 is 0 Å². The van der Waals surface area contributed by atoms with Crippen LogP contribution in [0.1, 0.15) is 24.0 Å². The molecule has 0 aliphatic heterocycles. The van der Waals surface area contributed by atoms with Gasteiger partial charge in [0.05, 0.1) is 12.9 Å². The third kappa shape index (κ3) is 6.10. The highest BCUT2D eigenvalue weighted by molar-refractivity contribution is 8.00. The molecule has 1 aromatic carbocycles. The fourth-order valence-electron chi connectivity index (χ4n) is 1.62. The molecule has 4 nitrogen and oxygen atoms in total. The second-order valence-electron chi connectivity index (χ2n) is 4.59. The topological polar surface area (TPSA) is 55.4 Å². The van der Waals surface area contributed by atoms with Crippen molar-refractivity contribution in [3.8, 4) is 0 Å². The first-order chi connectivity index (χ1) is 9.52. The van der Waals surface area contributed by atoms with Crippen LogP contribution in [0.3, 0.4) is 0 Å². The SMILES string of the molecule is COC(=O)CCCNC(=O)CSc1cc(C)ccc1C. The Balaban J connectivity index is 2.26. The van der Waals surface area contributed by atoms with Gasteiger partial charge in [-0.2, -0.15) is 0 Å². The van der Waals surface area contributed by atoms with E-state index in [0.717, 1.165) is 4.90 Å². The predicted octanol–water partition coefficient (Wildman–Crippen LogP) is 2.46. The Labute approximate surface area is 124 Å². The Bertz CT molecular complexity index is 474. The van der Waals surface area contributed by atoms with Crippen molar-refractivity contribution in [1.82, 2.24) is 5.32 Å². The number of hydrogen-bond donors (Lipinski definition) is 1. The minimum atomic E-state index is -0.246. The van der Waals surface area contributed by atoms with Crippen molar-refractivity contribution in [1.29, 1.82) is 0 Å². The number of aryl methyl sites for hydroxylation is 2. The molecule has 0 saturated heterocycles. The molecule has 1 aromatic rings. The van der Waals surface area contributed by atoms with Gasteiger partial charge in [0.15, 0.2) is 0 Å². The minimum Gasteiger partial charge on any atom is -0.469 e. The van der Waals surface area contributed by atoms with Crippen LogP contribution in [0.2, 0.25) is 0 Å². The molecule has 0 aliphatic carbocycles. The molecule has 5 heteroatoms. The van der Waals surface area contributed by atoms with Gasteiger partial charge in [-0.05, 0) is 31.9 Å². The van der Waals surface area contributed by atoms with Crippen LogP contribution < -0.4 is 5.32 Å². The summed E-state index contributed by atoms with van der Waals surface area (Å²) in [6.45, 7) is 4.58. The predicted molar refractivity (Wildman–Crippen MR) is 80.9 cm³/mol. The number of hydrogen-bond acceptors (Lipinski definition) is 4. The zero-order chi connectivity index (χ0) is 15.0. The number of amides is 1. The van der Waals surface area contributed by atoms with E-state index in [4.69, 9.17) is 0 Å². The molecule has 0 unspecified atom stereocenters. The van der Waals surface area contributed by atoms with E-state index in [1.807, 2.05) is 13.8 Å². The first-order valence-corrected chi connectivity index (χ1v) is 7.55. The maximum atomic E-state index is 11.7. The lowest BCUT2D eigenvalue weighted by Gasteiger charge is -2.07. The Morgan fingerprint density at radius 2 is 2.05 bits per heavy atom. The summed E-state index contributed by atoms with van der Waals surface area (Å²) in [6.07, 6.45) is 0.938. The summed E-state index contributed by atoms with van der Waals surface area (Å²) >= 11 is 1.53. The summed E-state index contributed by atoms with van der Waals surface area (Å²) in [7, 11) is 1.36. The number of carbonyl (C=O) groups is 2. The molecule has 0 bridgehead atoms. The lowest BCUT2D eigenvalue weighted by atomic mass is 10.2. The monoisotopic (exact) mass is 295 g/mol. The Morgan fingerprint density at radius 3 is 2.75 bits per heavy atom. The summed E-state index contributed by atoms with van der Waals surface area (Å²) < 4.78 is 4.53. The van der Waals surface area contributed by atoms with Crippen molar-refractivity contribution in [2.24, 2.45) is 0 Å². The highest BCUT2D eigenvalue weighted by Crippen LogP contribution is 2.23. The molecule has 0 saturated carbocycles. The fraction of sp³-hybridized carbons (Fsp3) is 0.467. The second-order valence-corrected chi connectivity index (χ2v) is 5.60. The van der Waals surface area contributed by atoms with Gasteiger partial charge >= 0.3 is 5.97 Å². The summed E-state index contributed by atoms with van der Waals surface area (Å²) in [6, 6.07) is 6.21. The average Bonchev–Trinajstić information content (AvgIpc) is 2.44. The molecule has 0 fully saturated rings.